The number of hydrogen-bond acceptors (Lipinski definition) is 6. The zero-order valence-electron chi connectivity index (χ0n) is 11.7. The summed E-state index contributed by atoms with van der Waals surface area (Å²) in [4.78, 5) is 35.7. The van der Waals surface area contributed by atoms with E-state index in [1.54, 1.807) is 4.90 Å². The third-order valence-corrected chi connectivity index (χ3v) is 3.14. The summed E-state index contributed by atoms with van der Waals surface area (Å²) in [6.07, 6.45) is 0.799. The number of esters is 1. The first-order valence-electron chi connectivity index (χ1n) is 6.62. The van der Waals surface area contributed by atoms with Crippen molar-refractivity contribution in [1.29, 1.82) is 0 Å². The highest BCUT2D eigenvalue weighted by Gasteiger charge is 2.27. The van der Waals surface area contributed by atoms with Gasteiger partial charge in [0.25, 0.3) is 0 Å². The normalized spacial score (nSPS) is 19.4. The van der Waals surface area contributed by atoms with Gasteiger partial charge >= 0.3 is 5.97 Å². The molecule has 20 heavy (non-hydrogen) atoms. The summed E-state index contributed by atoms with van der Waals surface area (Å²) in [6.45, 7) is 2.32. The van der Waals surface area contributed by atoms with Gasteiger partial charge in [0.15, 0.2) is 0 Å². The minimum absolute atomic E-state index is 0.132. The van der Waals surface area contributed by atoms with Crippen LogP contribution in [-0.4, -0.2) is 68.6 Å². The number of primary amides is 1. The average molecular weight is 286 g/mol. The van der Waals surface area contributed by atoms with Gasteiger partial charge in [-0.3, -0.25) is 19.3 Å². The summed E-state index contributed by atoms with van der Waals surface area (Å²) < 4.78 is 4.50. The van der Waals surface area contributed by atoms with Crippen LogP contribution in [0.4, 0.5) is 0 Å². The Bertz CT molecular complexity index is 361. The summed E-state index contributed by atoms with van der Waals surface area (Å²) in [6, 6.07) is -0.454. The number of nitrogens with two attached hydrogens (primary N) is 1. The molecule has 1 unspecified atom stereocenters. The van der Waals surface area contributed by atoms with Gasteiger partial charge in [0.05, 0.1) is 13.7 Å². The summed E-state index contributed by atoms with van der Waals surface area (Å²) in [5.74, 6) is -0.908. The number of rotatable bonds is 7. The van der Waals surface area contributed by atoms with Crippen LogP contribution in [0.5, 0.6) is 0 Å². The van der Waals surface area contributed by atoms with Crippen molar-refractivity contribution in [2.45, 2.75) is 18.9 Å². The van der Waals surface area contributed by atoms with Crippen LogP contribution in [0.3, 0.4) is 0 Å². The summed E-state index contributed by atoms with van der Waals surface area (Å²) in [5, 5.41) is 5.77. The second kappa shape index (κ2) is 8.49. The Hall–Kier alpha value is -1.67. The van der Waals surface area contributed by atoms with Crippen LogP contribution in [-0.2, 0) is 19.1 Å². The largest absolute Gasteiger partial charge is 0.469 e. The van der Waals surface area contributed by atoms with Gasteiger partial charge in [0, 0.05) is 32.6 Å². The standard InChI is InChI=1S/C12H22N4O4/c1-20-11(18)3-2-4-15-10(17)8-16-6-5-14-7-9(16)12(13)19/h9,14H,2-8H2,1H3,(H2,13,19)(H,15,17). The maximum absolute atomic E-state index is 11.8. The Kier molecular flexibility index (Phi) is 6.96. The first-order chi connectivity index (χ1) is 9.54. The highest BCUT2D eigenvalue weighted by Crippen LogP contribution is 2.02. The van der Waals surface area contributed by atoms with Gasteiger partial charge in [-0.25, -0.2) is 0 Å². The fourth-order valence-electron chi connectivity index (χ4n) is 2.02. The molecule has 0 spiro atoms. The number of carbonyl (C=O) groups excluding carboxylic acids is 3. The number of ether oxygens (including phenoxy) is 1. The number of amides is 2. The lowest BCUT2D eigenvalue weighted by Gasteiger charge is -2.33. The van der Waals surface area contributed by atoms with E-state index in [-0.39, 0.29) is 24.8 Å². The molecule has 4 N–H and O–H groups in total. The topological polar surface area (TPSA) is 114 Å². The lowest BCUT2D eigenvalue weighted by atomic mass is 10.2. The molecular weight excluding hydrogens is 264 g/mol. The Morgan fingerprint density at radius 1 is 1.45 bits per heavy atom. The Morgan fingerprint density at radius 3 is 2.85 bits per heavy atom. The first-order valence-corrected chi connectivity index (χ1v) is 6.62. The van der Waals surface area contributed by atoms with E-state index in [1.807, 2.05) is 0 Å². The zero-order chi connectivity index (χ0) is 15.0. The summed E-state index contributed by atoms with van der Waals surface area (Å²) in [7, 11) is 1.33. The molecular formula is C12H22N4O4. The smallest absolute Gasteiger partial charge is 0.305 e. The molecule has 0 aliphatic carbocycles. The molecule has 0 aromatic rings. The van der Waals surface area contributed by atoms with E-state index in [9.17, 15) is 14.4 Å². The van der Waals surface area contributed by atoms with Crippen LogP contribution >= 0.6 is 0 Å². The van der Waals surface area contributed by atoms with Crippen LogP contribution in [0, 0.1) is 0 Å². The highest BCUT2D eigenvalue weighted by atomic mass is 16.5. The van der Waals surface area contributed by atoms with E-state index in [2.05, 4.69) is 15.4 Å². The minimum atomic E-state index is -0.454. The number of carbonyl (C=O) groups is 3. The highest BCUT2D eigenvalue weighted by molar-refractivity contribution is 5.82. The van der Waals surface area contributed by atoms with Gasteiger partial charge < -0.3 is 21.1 Å². The van der Waals surface area contributed by atoms with E-state index in [0.717, 1.165) is 6.54 Å². The summed E-state index contributed by atoms with van der Waals surface area (Å²) >= 11 is 0. The van der Waals surface area contributed by atoms with Crippen molar-refractivity contribution in [2.75, 3.05) is 39.8 Å². The number of methoxy groups -OCH3 is 1. The fourth-order valence-corrected chi connectivity index (χ4v) is 2.02. The van der Waals surface area contributed by atoms with E-state index < -0.39 is 11.9 Å². The molecule has 1 rings (SSSR count). The van der Waals surface area contributed by atoms with Crippen molar-refractivity contribution in [2.24, 2.45) is 5.73 Å². The molecule has 114 valence electrons. The van der Waals surface area contributed by atoms with Gasteiger partial charge in [-0.15, -0.1) is 0 Å². The zero-order valence-corrected chi connectivity index (χ0v) is 11.7. The molecule has 0 saturated carbocycles. The van der Waals surface area contributed by atoms with Crippen molar-refractivity contribution < 1.29 is 19.1 Å². The number of nitrogens with one attached hydrogen (secondary N) is 2. The number of hydrogen-bond donors (Lipinski definition) is 3. The molecule has 8 heteroatoms. The average Bonchev–Trinajstić information content (AvgIpc) is 2.43. The van der Waals surface area contributed by atoms with E-state index in [1.165, 1.54) is 7.11 Å². The van der Waals surface area contributed by atoms with E-state index in [0.29, 0.717) is 26.1 Å². The fraction of sp³-hybridized carbons (Fsp3) is 0.750. The van der Waals surface area contributed by atoms with Crippen LogP contribution in [0.1, 0.15) is 12.8 Å². The monoisotopic (exact) mass is 286 g/mol. The second-order valence-electron chi connectivity index (χ2n) is 4.62. The lowest BCUT2D eigenvalue weighted by Crippen LogP contribution is -2.58. The summed E-state index contributed by atoms with van der Waals surface area (Å²) in [5.41, 5.74) is 5.30. The van der Waals surface area contributed by atoms with Gasteiger partial charge in [0.2, 0.25) is 11.8 Å². The molecule has 1 atom stereocenters. The molecule has 2 amide bonds. The third-order valence-electron chi connectivity index (χ3n) is 3.14. The first kappa shape index (κ1) is 16.4. The Balaban J connectivity index is 2.26. The maximum atomic E-state index is 11.8. The van der Waals surface area contributed by atoms with Crippen molar-refractivity contribution in [3.05, 3.63) is 0 Å². The van der Waals surface area contributed by atoms with Crippen molar-refractivity contribution in [3.8, 4) is 0 Å². The SMILES string of the molecule is COC(=O)CCCNC(=O)CN1CCNCC1C(N)=O. The predicted octanol–water partition coefficient (Wildman–Crippen LogP) is -2.19. The van der Waals surface area contributed by atoms with Crippen LogP contribution in [0.2, 0.25) is 0 Å². The maximum Gasteiger partial charge on any atom is 0.305 e. The molecule has 1 aliphatic heterocycles. The molecule has 0 radical (unpaired) electrons. The molecule has 1 aliphatic rings. The van der Waals surface area contributed by atoms with Gasteiger partial charge in [0.1, 0.15) is 6.04 Å². The molecule has 0 aromatic carbocycles. The van der Waals surface area contributed by atoms with Gasteiger partial charge in [-0.2, -0.15) is 0 Å². The van der Waals surface area contributed by atoms with E-state index in [4.69, 9.17) is 5.73 Å². The molecule has 1 fully saturated rings. The van der Waals surface area contributed by atoms with Crippen molar-refractivity contribution in [3.63, 3.8) is 0 Å². The predicted molar refractivity (Wildman–Crippen MR) is 71.7 cm³/mol. The second-order valence-corrected chi connectivity index (χ2v) is 4.62. The number of piperazine rings is 1. The minimum Gasteiger partial charge on any atom is -0.469 e. The third kappa shape index (κ3) is 5.54. The van der Waals surface area contributed by atoms with Crippen molar-refractivity contribution >= 4 is 17.8 Å². The molecule has 8 nitrogen and oxygen atoms in total. The molecule has 0 bridgehead atoms. The molecule has 1 heterocycles. The molecule has 1 saturated heterocycles. The van der Waals surface area contributed by atoms with Crippen LogP contribution < -0.4 is 16.4 Å². The van der Waals surface area contributed by atoms with Gasteiger partial charge in [-0.05, 0) is 6.42 Å². The number of nitrogens with zero attached hydrogens (tertiary/aromatic N) is 1. The Labute approximate surface area is 118 Å². The van der Waals surface area contributed by atoms with Crippen molar-refractivity contribution in [1.82, 2.24) is 15.5 Å². The lowest BCUT2D eigenvalue weighted by molar-refractivity contribution is -0.141. The van der Waals surface area contributed by atoms with Crippen LogP contribution in [0.15, 0.2) is 0 Å². The van der Waals surface area contributed by atoms with E-state index >= 15 is 0 Å². The van der Waals surface area contributed by atoms with Crippen LogP contribution in [0.25, 0.3) is 0 Å². The Morgan fingerprint density at radius 2 is 2.20 bits per heavy atom. The van der Waals surface area contributed by atoms with Gasteiger partial charge in [-0.1, -0.05) is 0 Å². The molecule has 0 aromatic heterocycles. The quantitative estimate of drug-likeness (QED) is 0.362.